The van der Waals surface area contributed by atoms with Crippen LogP contribution in [0.25, 0.3) is 0 Å². The topological polar surface area (TPSA) is 40.5 Å². The maximum atomic E-state index is 12.2. The summed E-state index contributed by atoms with van der Waals surface area (Å²) >= 11 is 1.79. The molecule has 0 aromatic rings. The molecule has 94 valence electrons. The van der Waals surface area contributed by atoms with Gasteiger partial charge in [0.2, 0.25) is 5.91 Å². The molecule has 1 saturated heterocycles. The van der Waals surface area contributed by atoms with E-state index in [9.17, 15) is 4.79 Å². The fourth-order valence-electron chi connectivity index (χ4n) is 1.94. The van der Waals surface area contributed by atoms with Crippen molar-refractivity contribution in [2.45, 2.75) is 44.3 Å². The summed E-state index contributed by atoms with van der Waals surface area (Å²) in [6.45, 7) is 3.49. The summed E-state index contributed by atoms with van der Waals surface area (Å²) in [5.41, 5.74) is 0. The molecule has 1 amide bonds. The van der Waals surface area contributed by atoms with Crippen molar-refractivity contribution in [1.82, 2.24) is 4.90 Å². The zero-order chi connectivity index (χ0) is 11.8. The van der Waals surface area contributed by atoms with E-state index in [0.29, 0.717) is 6.54 Å². The van der Waals surface area contributed by atoms with E-state index in [-0.39, 0.29) is 17.8 Å². The number of carbonyl (C=O) groups excluding carboxylic acids is 1. The first-order valence-electron chi connectivity index (χ1n) is 6.30. The van der Waals surface area contributed by atoms with Crippen LogP contribution in [-0.4, -0.2) is 46.6 Å². The summed E-state index contributed by atoms with van der Waals surface area (Å²) in [5, 5.41) is 9.13. The lowest BCUT2D eigenvalue weighted by molar-refractivity contribution is -0.131. The van der Waals surface area contributed by atoms with Gasteiger partial charge in [0.15, 0.2) is 0 Å². The van der Waals surface area contributed by atoms with Crippen LogP contribution in [0.1, 0.15) is 39.0 Å². The molecule has 0 aromatic carbocycles. The largest absolute Gasteiger partial charge is 0.395 e. The second kappa shape index (κ2) is 7.96. The molecule has 0 radical (unpaired) electrons. The van der Waals surface area contributed by atoms with Crippen LogP contribution in [-0.2, 0) is 4.79 Å². The second-order valence-corrected chi connectivity index (χ2v) is 5.57. The van der Waals surface area contributed by atoms with Crippen LogP contribution in [0.4, 0.5) is 0 Å². The Morgan fingerprint density at radius 2 is 2.25 bits per heavy atom. The maximum Gasteiger partial charge on any atom is 0.235 e. The van der Waals surface area contributed by atoms with Gasteiger partial charge in [-0.25, -0.2) is 0 Å². The lowest BCUT2D eigenvalue weighted by Gasteiger charge is -2.28. The molecule has 0 aromatic heterocycles. The molecular formula is C12H23NO2S. The highest BCUT2D eigenvalue weighted by atomic mass is 32.2. The number of hydrogen-bond donors (Lipinski definition) is 1. The molecule has 0 saturated carbocycles. The van der Waals surface area contributed by atoms with E-state index >= 15 is 0 Å². The number of rotatable bonds is 6. The predicted molar refractivity (Wildman–Crippen MR) is 68.7 cm³/mol. The Hall–Kier alpha value is -0.220. The van der Waals surface area contributed by atoms with Crippen molar-refractivity contribution < 1.29 is 9.90 Å². The molecule has 1 fully saturated rings. The van der Waals surface area contributed by atoms with Gasteiger partial charge in [0.25, 0.3) is 0 Å². The number of aliphatic hydroxyl groups is 1. The minimum absolute atomic E-state index is 0.0762. The zero-order valence-electron chi connectivity index (χ0n) is 10.2. The minimum Gasteiger partial charge on any atom is -0.395 e. The van der Waals surface area contributed by atoms with Gasteiger partial charge in [-0.1, -0.05) is 19.8 Å². The smallest absolute Gasteiger partial charge is 0.235 e. The number of hydrogen-bond acceptors (Lipinski definition) is 3. The van der Waals surface area contributed by atoms with E-state index in [4.69, 9.17) is 5.11 Å². The Balaban J connectivity index is 2.44. The van der Waals surface area contributed by atoms with Gasteiger partial charge < -0.3 is 10.0 Å². The van der Waals surface area contributed by atoms with Gasteiger partial charge in [0, 0.05) is 13.1 Å². The Labute approximate surface area is 103 Å². The number of thioether (sulfide) groups is 1. The molecule has 1 heterocycles. The zero-order valence-corrected chi connectivity index (χ0v) is 11.0. The standard InChI is InChI=1S/C12H23NO2S/c1-2-3-7-13(8-9-14)12(15)11-6-4-5-10-16-11/h11,14H,2-10H2,1H3. The highest BCUT2D eigenvalue weighted by molar-refractivity contribution is 8.00. The quantitative estimate of drug-likeness (QED) is 0.777. The van der Waals surface area contributed by atoms with Crippen molar-refractivity contribution in [3.63, 3.8) is 0 Å². The molecule has 1 atom stereocenters. The van der Waals surface area contributed by atoms with Crippen molar-refractivity contribution in [3.05, 3.63) is 0 Å². The van der Waals surface area contributed by atoms with Crippen molar-refractivity contribution in [2.24, 2.45) is 0 Å². The van der Waals surface area contributed by atoms with Gasteiger partial charge in [0.05, 0.1) is 11.9 Å². The van der Waals surface area contributed by atoms with Crippen molar-refractivity contribution in [1.29, 1.82) is 0 Å². The van der Waals surface area contributed by atoms with E-state index in [2.05, 4.69) is 6.92 Å². The van der Waals surface area contributed by atoms with Crippen LogP contribution in [0.3, 0.4) is 0 Å². The number of unbranched alkanes of at least 4 members (excludes halogenated alkanes) is 1. The lowest BCUT2D eigenvalue weighted by Crippen LogP contribution is -2.41. The summed E-state index contributed by atoms with van der Waals surface area (Å²) < 4.78 is 0. The third-order valence-electron chi connectivity index (χ3n) is 2.92. The highest BCUT2D eigenvalue weighted by Crippen LogP contribution is 2.26. The second-order valence-electron chi connectivity index (χ2n) is 4.26. The summed E-state index contributed by atoms with van der Waals surface area (Å²) in [6, 6.07) is 0. The minimum atomic E-state index is 0.0762. The third-order valence-corrected chi connectivity index (χ3v) is 4.28. The molecular weight excluding hydrogens is 222 g/mol. The van der Waals surface area contributed by atoms with E-state index < -0.39 is 0 Å². The lowest BCUT2D eigenvalue weighted by atomic mass is 10.1. The maximum absolute atomic E-state index is 12.2. The van der Waals surface area contributed by atoms with Crippen molar-refractivity contribution >= 4 is 17.7 Å². The van der Waals surface area contributed by atoms with Crippen LogP contribution < -0.4 is 0 Å². The number of nitrogens with zero attached hydrogens (tertiary/aromatic N) is 1. The summed E-state index contributed by atoms with van der Waals surface area (Å²) in [6.07, 6.45) is 5.54. The van der Waals surface area contributed by atoms with Gasteiger partial charge in [-0.15, -0.1) is 11.8 Å². The van der Waals surface area contributed by atoms with E-state index in [0.717, 1.165) is 31.6 Å². The van der Waals surface area contributed by atoms with Crippen molar-refractivity contribution in [3.8, 4) is 0 Å². The average Bonchev–Trinajstić information content (AvgIpc) is 2.35. The van der Waals surface area contributed by atoms with Crippen LogP contribution >= 0.6 is 11.8 Å². The molecule has 0 aliphatic carbocycles. The highest BCUT2D eigenvalue weighted by Gasteiger charge is 2.25. The molecule has 1 unspecified atom stereocenters. The number of amides is 1. The van der Waals surface area contributed by atoms with E-state index in [1.165, 1.54) is 12.8 Å². The normalized spacial score (nSPS) is 20.8. The molecule has 0 bridgehead atoms. The molecule has 3 nitrogen and oxygen atoms in total. The Morgan fingerprint density at radius 1 is 1.44 bits per heavy atom. The Kier molecular flexibility index (Phi) is 6.88. The molecule has 1 N–H and O–H groups in total. The number of carbonyl (C=O) groups is 1. The molecule has 16 heavy (non-hydrogen) atoms. The van der Waals surface area contributed by atoms with Crippen molar-refractivity contribution in [2.75, 3.05) is 25.4 Å². The van der Waals surface area contributed by atoms with Crippen LogP contribution in [0, 0.1) is 0 Å². The van der Waals surface area contributed by atoms with Crippen LogP contribution in [0.5, 0.6) is 0 Å². The molecule has 1 aliphatic rings. The fraction of sp³-hybridized carbons (Fsp3) is 0.917. The molecule has 1 rings (SSSR count). The first kappa shape index (κ1) is 13.8. The van der Waals surface area contributed by atoms with Gasteiger partial charge in [-0.3, -0.25) is 4.79 Å². The van der Waals surface area contributed by atoms with E-state index in [1.807, 2.05) is 4.90 Å². The van der Waals surface area contributed by atoms with E-state index in [1.54, 1.807) is 11.8 Å². The van der Waals surface area contributed by atoms with Gasteiger partial charge in [0.1, 0.15) is 0 Å². The van der Waals surface area contributed by atoms with Crippen LogP contribution in [0.2, 0.25) is 0 Å². The molecule has 0 spiro atoms. The fourth-order valence-corrected chi connectivity index (χ4v) is 3.22. The third kappa shape index (κ3) is 4.34. The first-order valence-corrected chi connectivity index (χ1v) is 7.35. The summed E-state index contributed by atoms with van der Waals surface area (Å²) in [4.78, 5) is 14.0. The summed E-state index contributed by atoms with van der Waals surface area (Å²) in [7, 11) is 0. The Bertz CT molecular complexity index is 205. The molecule has 4 heteroatoms. The van der Waals surface area contributed by atoms with Crippen LogP contribution in [0.15, 0.2) is 0 Å². The average molecular weight is 245 g/mol. The summed E-state index contributed by atoms with van der Waals surface area (Å²) in [5.74, 6) is 1.35. The first-order chi connectivity index (χ1) is 7.79. The van der Waals surface area contributed by atoms with Gasteiger partial charge >= 0.3 is 0 Å². The Morgan fingerprint density at radius 3 is 2.81 bits per heavy atom. The SMILES string of the molecule is CCCCN(CCO)C(=O)C1CCCCS1. The van der Waals surface area contributed by atoms with Gasteiger partial charge in [-0.2, -0.15) is 0 Å². The monoisotopic (exact) mass is 245 g/mol. The predicted octanol–water partition coefficient (Wildman–Crippen LogP) is 1.89. The molecule has 1 aliphatic heterocycles. The number of aliphatic hydroxyl groups excluding tert-OH is 1. The van der Waals surface area contributed by atoms with Gasteiger partial charge in [-0.05, 0) is 25.0 Å².